The molecular weight excluding hydrogens is 244 g/mol. The van der Waals surface area contributed by atoms with Gasteiger partial charge in [-0.3, -0.25) is 0 Å². The van der Waals surface area contributed by atoms with Crippen molar-refractivity contribution < 1.29 is 5.11 Å². The van der Waals surface area contributed by atoms with Crippen LogP contribution < -0.4 is 0 Å². The van der Waals surface area contributed by atoms with E-state index in [9.17, 15) is 0 Å². The van der Waals surface area contributed by atoms with E-state index in [1.54, 1.807) is 6.20 Å². The van der Waals surface area contributed by atoms with E-state index in [2.05, 4.69) is 25.9 Å². The van der Waals surface area contributed by atoms with E-state index in [0.29, 0.717) is 0 Å². The van der Waals surface area contributed by atoms with Crippen molar-refractivity contribution in [1.29, 1.82) is 0 Å². The van der Waals surface area contributed by atoms with E-state index in [1.165, 1.54) is 0 Å². The molecule has 0 unspecified atom stereocenters. The van der Waals surface area contributed by atoms with Gasteiger partial charge in [0.2, 0.25) is 0 Å². The third kappa shape index (κ3) is 1.86. The number of aliphatic hydroxyl groups excluding tert-OH is 1. The molecule has 1 aromatic heterocycles. The first-order valence-corrected chi connectivity index (χ1v) is 4.99. The fourth-order valence-electron chi connectivity index (χ4n) is 1.19. The Morgan fingerprint density at radius 2 is 2.00 bits per heavy atom. The standard InChI is InChI=1S/C10H9BrN2O/c11-8-3-1-7(2-4-8)10-12-5-9(6-14)13-10/h1-5,14H,6H2,(H,12,13). The van der Waals surface area contributed by atoms with Gasteiger partial charge < -0.3 is 10.1 Å². The number of rotatable bonds is 2. The first-order valence-electron chi connectivity index (χ1n) is 4.20. The molecule has 0 spiro atoms. The zero-order valence-electron chi connectivity index (χ0n) is 7.37. The number of nitrogens with zero attached hydrogens (tertiary/aromatic N) is 1. The van der Waals surface area contributed by atoms with Gasteiger partial charge in [-0.25, -0.2) is 4.98 Å². The highest BCUT2D eigenvalue weighted by atomic mass is 79.9. The fourth-order valence-corrected chi connectivity index (χ4v) is 1.46. The Bertz CT molecular complexity index is 422. The molecule has 0 saturated carbocycles. The third-order valence-corrected chi connectivity index (χ3v) is 2.45. The SMILES string of the molecule is OCc1cnc(-c2ccc(Br)cc2)[nH]1. The summed E-state index contributed by atoms with van der Waals surface area (Å²) < 4.78 is 1.04. The first-order chi connectivity index (χ1) is 6.79. The Morgan fingerprint density at radius 3 is 2.57 bits per heavy atom. The Labute approximate surface area is 89.9 Å². The van der Waals surface area contributed by atoms with Gasteiger partial charge in [-0.2, -0.15) is 0 Å². The molecule has 1 heterocycles. The van der Waals surface area contributed by atoms with Gasteiger partial charge in [-0.1, -0.05) is 28.1 Å². The molecule has 0 atom stereocenters. The average Bonchev–Trinajstić information content (AvgIpc) is 2.67. The number of benzene rings is 1. The van der Waals surface area contributed by atoms with Gasteiger partial charge in [-0.15, -0.1) is 0 Å². The van der Waals surface area contributed by atoms with E-state index in [0.717, 1.165) is 21.6 Å². The van der Waals surface area contributed by atoms with E-state index < -0.39 is 0 Å². The highest BCUT2D eigenvalue weighted by Gasteiger charge is 2.01. The van der Waals surface area contributed by atoms with E-state index >= 15 is 0 Å². The summed E-state index contributed by atoms with van der Waals surface area (Å²) in [6.07, 6.45) is 1.64. The maximum absolute atomic E-state index is 8.86. The molecule has 14 heavy (non-hydrogen) atoms. The van der Waals surface area contributed by atoms with Crippen molar-refractivity contribution in [2.24, 2.45) is 0 Å². The van der Waals surface area contributed by atoms with Crippen LogP contribution in [0.25, 0.3) is 11.4 Å². The molecule has 3 nitrogen and oxygen atoms in total. The molecule has 1 aromatic carbocycles. The summed E-state index contributed by atoms with van der Waals surface area (Å²) >= 11 is 3.37. The van der Waals surface area contributed by atoms with Crippen molar-refractivity contribution in [1.82, 2.24) is 9.97 Å². The smallest absolute Gasteiger partial charge is 0.137 e. The van der Waals surface area contributed by atoms with Crippen molar-refractivity contribution in [3.63, 3.8) is 0 Å². The molecule has 2 aromatic rings. The van der Waals surface area contributed by atoms with E-state index in [4.69, 9.17) is 5.11 Å². The molecule has 0 amide bonds. The predicted molar refractivity (Wildman–Crippen MR) is 57.6 cm³/mol. The maximum Gasteiger partial charge on any atom is 0.137 e. The van der Waals surface area contributed by atoms with Crippen LogP contribution in [0.15, 0.2) is 34.9 Å². The van der Waals surface area contributed by atoms with Gasteiger partial charge in [0.15, 0.2) is 0 Å². The second-order valence-electron chi connectivity index (χ2n) is 2.92. The second kappa shape index (κ2) is 3.94. The molecule has 0 radical (unpaired) electrons. The number of aromatic nitrogens is 2. The molecule has 0 saturated heterocycles. The maximum atomic E-state index is 8.86. The Balaban J connectivity index is 2.34. The monoisotopic (exact) mass is 252 g/mol. The van der Waals surface area contributed by atoms with E-state index in [1.807, 2.05) is 24.3 Å². The third-order valence-electron chi connectivity index (χ3n) is 1.92. The van der Waals surface area contributed by atoms with Crippen molar-refractivity contribution in [2.45, 2.75) is 6.61 Å². The molecule has 0 aliphatic heterocycles. The van der Waals surface area contributed by atoms with Crippen molar-refractivity contribution in [2.75, 3.05) is 0 Å². The van der Waals surface area contributed by atoms with Gasteiger partial charge in [-0.05, 0) is 12.1 Å². The molecule has 0 aliphatic carbocycles. The van der Waals surface area contributed by atoms with Gasteiger partial charge in [0, 0.05) is 10.0 Å². The van der Waals surface area contributed by atoms with Crippen LogP contribution in [0.3, 0.4) is 0 Å². The number of H-pyrrole nitrogens is 1. The summed E-state index contributed by atoms with van der Waals surface area (Å²) in [7, 11) is 0. The number of aromatic amines is 1. The lowest BCUT2D eigenvalue weighted by molar-refractivity contribution is 0.277. The number of imidazole rings is 1. The van der Waals surface area contributed by atoms with Gasteiger partial charge in [0.05, 0.1) is 18.5 Å². The van der Waals surface area contributed by atoms with Crippen molar-refractivity contribution in [3.05, 3.63) is 40.6 Å². The zero-order valence-corrected chi connectivity index (χ0v) is 8.95. The van der Waals surface area contributed by atoms with Gasteiger partial charge in [0.25, 0.3) is 0 Å². The van der Waals surface area contributed by atoms with Gasteiger partial charge in [0.1, 0.15) is 5.82 Å². The highest BCUT2D eigenvalue weighted by Crippen LogP contribution is 2.18. The van der Waals surface area contributed by atoms with Crippen LogP contribution in [-0.2, 0) is 6.61 Å². The zero-order chi connectivity index (χ0) is 9.97. The highest BCUT2D eigenvalue weighted by molar-refractivity contribution is 9.10. The summed E-state index contributed by atoms with van der Waals surface area (Å²) in [5.41, 5.74) is 1.73. The number of nitrogens with one attached hydrogen (secondary N) is 1. The molecule has 0 aliphatic rings. The lowest BCUT2D eigenvalue weighted by Gasteiger charge is -1.96. The van der Waals surface area contributed by atoms with Crippen molar-refractivity contribution >= 4 is 15.9 Å². The minimum absolute atomic E-state index is 0.0104. The van der Waals surface area contributed by atoms with Crippen LogP contribution in [0.2, 0.25) is 0 Å². The quantitative estimate of drug-likeness (QED) is 0.862. The van der Waals surface area contributed by atoms with Gasteiger partial charge >= 0.3 is 0 Å². The first kappa shape index (κ1) is 9.43. The molecule has 0 fully saturated rings. The topological polar surface area (TPSA) is 48.9 Å². The second-order valence-corrected chi connectivity index (χ2v) is 3.84. The molecule has 4 heteroatoms. The van der Waals surface area contributed by atoms with Crippen LogP contribution in [0.5, 0.6) is 0 Å². The fraction of sp³-hybridized carbons (Fsp3) is 0.100. The number of hydrogen-bond donors (Lipinski definition) is 2. The largest absolute Gasteiger partial charge is 0.390 e. The minimum Gasteiger partial charge on any atom is -0.390 e. The molecule has 2 rings (SSSR count). The van der Waals surface area contributed by atoms with Crippen molar-refractivity contribution in [3.8, 4) is 11.4 Å². The van der Waals surface area contributed by atoms with E-state index in [-0.39, 0.29) is 6.61 Å². The molecule has 72 valence electrons. The van der Waals surface area contributed by atoms with Crippen LogP contribution in [0.1, 0.15) is 5.69 Å². The van der Waals surface area contributed by atoms with Crippen LogP contribution in [0, 0.1) is 0 Å². The summed E-state index contributed by atoms with van der Waals surface area (Å²) in [4.78, 5) is 7.18. The average molecular weight is 253 g/mol. The summed E-state index contributed by atoms with van der Waals surface area (Å²) in [6.45, 7) is -0.0104. The Hall–Kier alpha value is -1.13. The molecule has 2 N–H and O–H groups in total. The van der Waals surface area contributed by atoms with Crippen LogP contribution in [-0.4, -0.2) is 15.1 Å². The minimum atomic E-state index is -0.0104. The lowest BCUT2D eigenvalue weighted by Crippen LogP contribution is -1.83. The molecular formula is C10H9BrN2O. The predicted octanol–water partition coefficient (Wildman–Crippen LogP) is 2.33. The number of hydrogen-bond acceptors (Lipinski definition) is 2. The number of halogens is 1. The summed E-state index contributed by atoms with van der Waals surface area (Å²) in [5, 5.41) is 8.86. The summed E-state index contributed by atoms with van der Waals surface area (Å²) in [6, 6.07) is 7.83. The summed E-state index contributed by atoms with van der Waals surface area (Å²) in [5.74, 6) is 0.779. The normalized spacial score (nSPS) is 10.4. The van der Waals surface area contributed by atoms with Crippen LogP contribution >= 0.6 is 15.9 Å². The number of aliphatic hydroxyl groups is 1. The van der Waals surface area contributed by atoms with Crippen LogP contribution in [0.4, 0.5) is 0 Å². The Kier molecular flexibility index (Phi) is 2.65. The Morgan fingerprint density at radius 1 is 1.29 bits per heavy atom. The molecule has 0 bridgehead atoms. The lowest BCUT2D eigenvalue weighted by atomic mass is 10.2.